The van der Waals surface area contributed by atoms with Gasteiger partial charge in [-0.2, -0.15) is 5.26 Å². The molecule has 0 heterocycles. The summed E-state index contributed by atoms with van der Waals surface area (Å²) in [5.74, 6) is 0.441. The zero-order valence-electron chi connectivity index (χ0n) is 7.78. The van der Waals surface area contributed by atoms with Crippen LogP contribution in [0.1, 0.15) is 5.56 Å². The van der Waals surface area contributed by atoms with Gasteiger partial charge in [0.2, 0.25) is 0 Å². The minimum absolute atomic E-state index is 0.0402. The highest BCUT2D eigenvalue weighted by Gasteiger charge is 2.09. The van der Waals surface area contributed by atoms with Gasteiger partial charge in [0, 0.05) is 0 Å². The number of alkyl halides is 1. The van der Waals surface area contributed by atoms with Crippen LogP contribution >= 0.6 is 23.2 Å². The van der Waals surface area contributed by atoms with Crippen molar-refractivity contribution in [3.8, 4) is 11.8 Å². The maximum absolute atomic E-state index is 9.18. The standard InChI is InChI=1S/C10H9Cl2NO2/c11-4-7(14)6-15-10-3-1-2-9(12)8(10)5-13/h1-3,7,14H,4,6H2/t7-/m0/s1. The van der Waals surface area contributed by atoms with Gasteiger partial charge in [0.1, 0.15) is 30.1 Å². The van der Waals surface area contributed by atoms with Crippen LogP contribution < -0.4 is 4.74 Å². The summed E-state index contributed by atoms with van der Waals surface area (Å²) in [6.45, 7) is 0.0402. The maximum Gasteiger partial charge on any atom is 0.138 e. The Hall–Kier alpha value is -0.950. The molecule has 0 unspecified atom stereocenters. The summed E-state index contributed by atoms with van der Waals surface area (Å²) in [6.07, 6.45) is -0.753. The Morgan fingerprint density at radius 3 is 2.87 bits per heavy atom. The number of halogens is 2. The second-order valence-electron chi connectivity index (χ2n) is 2.84. The molecule has 3 nitrogen and oxygen atoms in total. The van der Waals surface area contributed by atoms with E-state index < -0.39 is 6.10 Å². The quantitative estimate of drug-likeness (QED) is 0.828. The molecule has 0 aliphatic heterocycles. The first kappa shape index (κ1) is 12.1. The summed E-state index contributed by atoms with van der Waals surface area (Å²) in [7, 11) is 0. The van der Waals surface area contributed by atoms with Crippen LogP contribution in [0.3, 0.4) is 0 Å². The van der Waals surface area contributed by atoms with Gasteiger partial charge in [-0.15, -0.1) is 11.6 Å². The molecule has 0 amide bonds. The second kappa shape index (κ2) is 5.82. The van der Waals surface area contributed by atoms with Gasteiger partial charge in [0.05, 0.1) is 10.9 Å². The number of hydrogen-bond acceptors (Lipinski definition) is 3. The van der Waals surface area contributed by atoms with E-state index in [0.717, 1.165) is 0 Å². The average Bonchev–Trinajstić information content (AvgIpc) is 2.25. The molecule has 80 valence electrons. The first-order chi connectivity index (χ1) is 7.19. The van der Waals surface area contributed by atoms with Crippen LogP contribution in [0.25, 0.3) is 0 Å². The Morgan fingerprint density at radius 2 is 2.27 bits per heavy atom. The Bertz CT molecular complexity index is 376. The summed E-state index contributed by atoms with van der Waals surface area (Å²) in [5.41, 5.74) is 0.265. The molecule has 5 heteroatoms. The van der Waals surface area contributed by atoms with Gasteiger partial charge in [0.15, 0.2) is 0 Å². The van der Waals surface area contributed by atoms with E-state index >= 15 is 0 Å². The zero-order valence-corrected chi connectivity index (χ0v) is 9.29. The third-order valence-electron chi connectivity index (χ3n) is 1.70. The van der Waals surface area contributed by atoms with Crippen LogP contribution in [0.15, 0.2) is 18.2 Å². The molecule has 0 saturated heterocycles. The van der Waals surface area contributed by atoms with Gasteiger partial charge in [-0.1, -0.05) is 17.7 Å². The number of aliphatic hydroxyl groups is 1. The van der Waals surface area contributed by atoms with Crippen molar-refractivity contribution in [3.63, 3.8) is 0 Å². The molecule has 0 bridgehead atoms. The molecular formula is C10H9Cl2NO2. The lowest BCUT2D eigenvalue weighted by atomic mass is 10.2. The summed E-state index contributed by atoms with van der Waals surface area (Å²) >= 11 is 11.2. The minimum atomic E-state index is -0.753. The van der Waals surface area contributed by atoms with E-state index in [-0.39, 0.29) is 18.1 Å². The van der Waals surface area contributed by atoms with E-state index in [1.54, 1.807) is 18.2 Å². The van der Waals surface area contributed by atoms with Crippen LogP contribution in [0.5, 0.6) is 5.75 Å². The van der Waals surface area contributed by atoms with Crippen molar-refractivity contribution >= 4 is 23.2 Å². The lowest BCUT2D eigenvalue weighted by Gasteiger charge is -2.11. The molecule has 0 aromatic heterocycles. The predicted molar refractivity (Wildman–Crippen MR) is 58.4 cm³/mol. The minimum Gasteiger partial charge on any atom is -0.489 e. The molecule has 0 radical (unpaired) electrons. The SMILES string of the molecule is N#Cc1c(Cl)cccc1OC[C@@H](O)CCl. The molecule has 1 atom stereocenters. The Balaban J connectivity index is 2.77. The topological polar surface area (TPSA) is 53.2 Å². The van der Waals surface area contributed by atoms with Crippen LogP contribution in [0.2, 0.25) is 5.02 Å². The summed E-state index contributed by atoms with van der Waals surface area (Å²) in [5, 5.41) is 18.3. The van der Waals surface area contributed by atoms with E-state index in [0.29, 0.717) is 10.8 Å². The summed E-state index contributed by atoms with van der Waals surface area (Å²) < 4.78 is 5.22. The van der Waals surface area contributed by atoms with Gasteiger partial charge < -0.3 is 9.84 Å². The third-order valence-corrected chi connectivity index (χ3v) is 2.37. The lowest BCUT2D eigenvalue weighted by molar-refractivity contribution is 0.125. The average molecular weight is 246 g/mol. The van der Waals surface area contributed by atoms with Crippen molar-refractivity contribution in [2.75, 3.05) is 12.5 Å². The van der Waals surface area contributed by atoms with Gasteiger partial charge in [-0.05, 0) is 12.1 Å². The van der Waals surface area contributed by atoms with E-state index in [9.17, 15) is 5.11 Å². The molecule has 0 fully saturated rings. The molecule has 1 aromatic carbocycles. The number of rotatable bonds is 4. The molecule has 1 aromatic rings. The Labute approximate surface area is 97.8 Å². The van der Waals surface area contributed by atoms with E-state index in [1.165, 1.54) is 0 Å². The van der Waals surface area contributed by atoms with Crippen molar-refractivity contribution in [1.29, 1.82) is 5.26 Å². The fraction of sp³-hybridized carbons (Fsp3) is 0.300. The molecule has 0 spiro atoms. The molecule has 1 N–H and O–H groups in total. The first-order valence-electron chi connectivity index (χ1n) is 4.24. The van der Waals surface area contributed by atoms with Gasteiger partial charge in [-0.25, -0.2) is 0 Å². The van der Waals surface area contributed by atoms with Crippen LogP contribution in [-0.4, -0.2) is 23.7 Å². The molecule has 0 aliphatic carbocycles. The van der Waals surface area contributed by atoms with Gasteiger partial charge in [0.25, 0.3) is 0 Å². The number of aliphatic hydroxyl groups excluding tert-OH is 1. The number of benzene rings is 1. The molecule has 15 heavy (non-hydrogen) atoms. The third kappa shape index (κ3) is 3.28. The Morgan fingerprint density at radius 1 is 1.53 bits per heavy atom. The van der Waals surface area contributed by atoms with Crippen LogP contribution in [-0.2, 0) is 0 Å². The molecular weight excluding hydrogens is 237 g/mol. The molecule has 0 aliphatic rings. The fourth-order valence-corrected chi connectivity index (χ4v) is 1.26. The van der Waals surface area contributed by atoms with E-state index in [1.807, 2.05) is 6.07 Å². The van der Waals surface area contributed by atoms with Gasteiger partial charge in [-0.3, -0.25) is 0 Å². The van der Waals surface area contributed by atoms with E-state index in [4.69, 9.17) is 33.2 Å². The molecule has 1 rings (SSSR count). The predicted octanol–water partition coefficient (Wildman–Crippen LogP) is 2.19. The van der Waals surface area contributed by atoms with Crippen LogP contribution in [0.4, 0.5) is 0 Å². The monoisotopic (exact) mass is 245 g/mol. The highest BCUT2D eigenvalue weighted by atomic mass is 35.5. The highest BCUT2D eigenvalue weighted by molar-refractivity contribution is 6.31. The number of nitriles is 1. The van der Waals surface area contributed by atoms with Crippen molar-refractivity contribution in [2.24, 2.45) is 0 Å². The largest absolute Gasteiger partial charge is 0.489 e. The van der Waals surface area contributed by atoms with Crippen molar-refractivity contribution in [1.82, 2.24) is 0 Å². The zero-order chi connectivity index (χ0) is 11.3. The second-order valence-corrected chi connectivity index (χ2v) is 3.56. The van der Waals surface area contributed by atoms with Crippen LogP contribution in [0, 0.1) is 11.3 Å². The Kier molecular flexibility index (Phi) is 4.70. The van der Waals surface area contributed by atoms with Crippen molar-refractivity contribution in [3.05, 3.63) is 28.8 Å². The smallest absolute Gasteiger partial charge is 0.138 e. The lowest BCUT2D eigenvalue weighted by Crippen LogP contribution is -2.19. The first-order valence-corrected chi connectivity index (χ1v) is 5.15. The maximum atomic E-state index is 9.18. The fourth-order valence-electron chi connectivity index (χ4n) is 0.964. The number of nitrogens with zero attached hydrogens (tertiary/aromatic N) is 1. The van der Waals surface area contributed by atoms with Crippen molar-refractivity contribution in [2.45, 2.75) is 6.10 Å². The summed E-state index contributed by atoms with van der Waals surface area (Å²) in [4.78, 5) is 0. The van der Waals surface area contributed by atoms with Gasteiger partial charge >= 0.3 is 0 Å². The highest BCUT2D eigenvalue weighted by Crippen LogP contribution is 2.25. The number of hydrogen-bond donors (Lipinski definition) is 1. The van der Waals surface area contributed by atoms with E-state index in [2.05, 4.69) is 0 Å². The summed E-state index contributed by atoms with van der Waals surface area (Å²) in [6, 6.07) is 6.82. The number of ether oxygens (including phenoxy) is 1. The molecule has 0 saturated carbocycles. The van der Waals surface area contributed by atoms with Crippen molar-refractivity contribution < 1.29 is 9.84 Å². The normalized spacial score (nSPS) is 11.9.